The minimum Gasteiger partial charge on any atom is -0.396 e. The second kappa shape index (κ2) is 7.23. The number of pyridine rings is 1. The fourth-order valence-electron chi connectivity index (χ4n) is 4.03. The first kappa shape index (κ1) is 18.0. The maximum absolute atomic E-state index is 12.4. The lowest BCUT2D eigenvalue weighted by Crippen LogP contribution is -2.53. The van der Waals surface area contributed by atoms with Gasteiger partial charge >= 0.3 is 0 Å². The zero-order valence-electron chi connectivity index (χ0n) is 15.0. The van der Waals surface area contributed by atoms with Crippen molar-refractivity contribution in [1.82, 2.24) is 14.3 Å². The summed E-state index contributed by atoms with van der Waals surface area (Å²) in [5, 5.41) is 20.3. The van der Waals surface area contributed by atoms with Gasteiger partial charge in [-0.1, -0.05) is 19.4 Å². The van der Waals surface area contributed by atoms with E-state index in [0.717, 1.165) is 30.8 Å². The first-order valence-electron chi connectivity index (χ1n) is 8.98. The van der Waals surface area contributed by atoms with E-state index in [2.05, 4.69) is 16.8 Å². The molecule has 6 nitrogen and oxygen atoms in total. The zero-order valence-corrected chi connectivity index (χ0v) is 15.0. The number of aliphatic hydroxyl groups is 2. The van der Waals surface area contributed by atoms with Crippen molar-refractivity contribution in [3.63, 3.8) is 0 Å². The Balaban J connectivity index is 1.85. The van der Waals surface area contributed by atoms with Crippen molar-refractivity contribution in [3.05, 3.63) is 46.0 Å². The van der Waals surface area contributed by atoms with Gasteiger partial charge in [-0.15, -0.1) is 0 Å². The Bertz CT molecular complexity index is 804. The standard InChI is InChI=1S/C19H27N3O3/c1-3-8-19(13-23)12-21(9-7-16(19)24)11-15-10-18(25)22-14(2)5-4-6-17(22)20-15/h4-6,10,16,23-24H,3,7-9,11-13H2,1-2H3/t16-,19+/m1/s1. The third-order valence-electron chi connectivity index (χ3n) is 5.35. The van der Waals surface area contributed by atoms with E-state index in [9.17, 15) is 15.0 Å². The van der Waals surface area contributed by atoms with Gasteiger partial charge in [0.1, 0.15) is 5.65 Å². The predicted molar refractivity (Wildman–Crippen MR) is 96.5 cm³/mol. The number of aromatic nitrogens is 2. The number of rotatable bonds is 5. The third kappa shape index (κ3) is 3.47. The first-order valence-corrected chi connectivity index (χ1v) is 8.98. The van der Waals surface area contributed by atoms with Crippen LogP contribution in [0, 0.1) is 12.3 Å². The summed E-state index contributed by atoms with van der Waals surface area (Å²) < 4.78 is 1.61. The van der Waals surface area contributed by atoms with Crippen LogP contribution in [-0.4, -0.2) is 50.3 Å². The molecule has 2 N–H and O–H groups in total. The molecule has 1 aliphatic rings. The molecule has 1 fully saturated rings. The fraction of sp³-hybridized carbons (Fsp3) is 0.579. The van der Waals surface area contributed by atoms with Crippen LogP contribution in [0.5, 0.6) is 0 Å². The van der Waals surface area contributed by atoms with Crippen molar-refractivity contribution in [3.8, 4) is 0 Å². The van der Waals surface area contributed by atoms with E-state index in [1.165, 1.54) is 0 Å². The molecule has 0 aromatic carbocycles. The molecular formula is C19H27N3O3. The van der Waals surface area contributed by atoms with Gasteiger partial charge in [-0.25, -0.2) is 4.98 Å². The summed E-state index contributed by atoms with van der Waals surface area (Å²) in [5.74, 6) is 0. The average molecular weight is 345 g/mol. The Morgan fingerprint density at radius 2 is 2.20 bits per heavy atom. The first-order chi connectivity index (χ1) is 12.0. The molecule has 2 aromatic heterocycles. The van der Waals surface area contributed by atoms with Gasteiger partial charge in [0, 0.05) is 36.8 Å². The van der Waals surface area contributed by atoms with Crippen LogP contribution in [0.15, 0.2) is 29.1 Å². The van der Waals surface area contributed by atoms with Crippen LogP contribution >= 0.6 is 0 Å². The third-order valence-corrected chi connectivity index (χ3v) is 5.35. The Morgan fingerprint density at radius 3 is 2.92 bits per heavy atom. The summed E-state index contributed by atoms with van der Waals surface area (Å²) >= 11 is 0. The number of aryl methyl sites for hydroxylation is 1. The van der Waals surface area contributed by atoms with E-state index in [4.69, 9.17) is 0 Å². The second-order valence-electron chi connectivity index (χ2n) is 7.23. The number of hydrogen-bond acceptors (Lipinski definition) is 5. The molecule has 0 aliphatic carbocycles. The van der Waals surface area contributed by atoms with Crippen LogP contribution in [0.2, 0.25) is 0 Å². The van der Waals surface area contributed by atoms with Crippen molar-refractivity contribution >= 4 is 5.65 Å². The van der Waals surface area contributed by atoms with Crippen LogP contribution in [0.4, 0.5) is 0 Å². The number of aliphatic hydroxyl groups excluding tert-OH is 2. The smallest absolute Gasteiger partial charge is 0.258 e. The molecule has 3 heterocycles. The number of fused-ring (bicyclic) bond motifs is 1. The van der Waals surface area contributed by atoms with E-state index in [0.29, 0.717) is 25.2 Å². The van der Waals surface area contributed by atoms with Crippen LogP contribution in [0.25, 0.3) is 5.65 Å². The van der Waals surface area contributed by atoms with E-state index in [1.54, 1.807) is 10.5 Å². The normalized spacial score (nSPS) is 24.7. The Hall–Kier alpha value is -1.76. The zero-order chi connectivity index (χ0) is 18.0. The highest BCUT2D eigenvalue weighted by molar-refractivity contribution is 5.40. The number of likely N-dealkylation sites (tertiary alicyclic amines) is 1. The fourth-order valence-corrected chi connectivity index (χ4v) is 4.03. The Labute approximate surface area is 147 Å². The van der Waals surface area contributed by atoms with Gasteiger partial charge in [-0.3, -0.25) is 14.1 Å². The maximum Gasteiger partial charge on any atom is 0.258 e. The molecule has 0 unspecified atom stereocenters. The maximum atomic E-state index is 12.4. The van der Waals surface area contributed by atoms with Crippen LogP contribution in [-0.2, 0) is 6.54 Å². The summed E-state index contributed by atoms with van der Waals surface area (Å²) in [6, 6.07) is 7.22. The van der Waals surface area contributed by atoms with Crippen LogP contribution in [0.1, 0.15) is 37.6 Å². The average Bonchev–Trinajstić information content (AvgIpc) is 2.58. The van der Waals surface area contributed by atoms with Gasteiger partial charge < -0.3 is 10.2 Å². The molecule has 136 valence electrons. The van der Waals surface area contributed by atoms with Gasteiger partial charge in [0.05, 0.1) is 18.4 Å². The molecule has 2 atom stereocenters. The van der Waals surface area contributed by atoms with Crippen molar-refractivity contribution in [2.45, 2.75) is 45.8 Å². The lowest BCUT2D eigenvalue weighted by molar-refractivity contribution is -0.0821. The molecule has 0 spiro atoms. The largest absolute Gasteiger partial charge is 0.396 e. The summed E-state index contributed by atoms with van der Waals surface area (Å²) in [5.41, 5.74) is 1.70. The van der Waals surface area contributed by atoms with Crippen molar-refractivity contribution in [2.75, 3.05) is 19.7 Å². The highest BCUT2D eigenvalue weighted by Gasteiger charge is 2.41. The highest BCUT2D eigenvalue weighted by Crippen LogP contribution is 2.35. The lowest BCUT2D eigenvalue weighted by atomic mass is 9.74. The molecule has 3 rings (SSSR count). The van der Waals surface area contributed by atoms with Gasteiger partial charge in [-0.05, 0) is 31.9 Å². The van der Waals surface area contributed by atoms with Crippen molar-refractivity contribution in [2.24, 2.45) is 5.41 Å². The molecule has 2 aromatic rings. The van der Waals surface area contributed by atoms with E-state index >= 15 is 0 Å². The molecule has 25 heavy (non-hydrogen) atoms. The highest BCUT2D eigenvalue weighted by atomic mass is 16.3. The van der Waals surface area contributed by atoms with Gasteiger partial charge in [0.25, 0.3) is 5.56 Å². The van der Waals surface area contributed by atoms with E-state index in [-0.39, 0.29) is 12.2 Å². The van der Waals surface area contributed by atoms with Crippen LogP contribution < -0.4 is 5.56 Å². The quantitative estimate of drug-likeness (QED) is 0.855. The molecular weight excluding hydrogens is 318 g/mol. The minimum atomic E-state index is -0.480. The Kier molecular flexibility index (Phi) is 5.22. The molecule has 0 radical (unpaired) electrons. The van der Waals surface area contributed by atoms with Gasteiger partial charge in [-0.2, -0.15) is 0 Å². The predicted octanol–water partition coefficient (Wildman–Crippen LogP) is 1.35. The second-order valence-corrected chi connectivity index (χ2v) is 7.23. The Morgan fingerprint density at radius 1 is 1.40 bits per heavy atom. The number of piperidine rings is 1. The van der Waals surface area contributed by atoms with Gasteiger partial charge in [0.2, 0.25) is 0 Å². The van der Waals surface area contributed by atoms with Crippen LogP contribution in [0.3, 0.4) is 0 Å². The lowest BCUT2D eigenvalue weighted by Gasteiger charge is -2.45. The molecule has 1 aliphatic heterocycles. The van der Waals surface area contributed by atoms with Crippen molar-refractivity contribution < 1.29 is 10.2 Å². The van der Waals surface area contributed by atoms with Crippen molar-refractivity contribution in [1.29, 1.82) is 0 Å². The van der Waals surface area contributed by atoms with E-state index < -0.39 is 11.5 Å². The van der Waals surface area contributed by atoms with E-state index in [1.807, 2.05) is 25.1 Å². The summed E-state index contributed by atoms with van der Waals surface area (Å²) in [7, 11) is 0. The summed E-state index contributed by atoms with van der Waals surface area (Å²) in [6.07, 6.45) is 1.85. The summed E-state index contributed by atoms with van der Waals surface area (Å²) in [4.78, 5) is 19.2. The monoisotopic (exact) mass is 345 g/mol. The summed E-state index contributed by atoms with van der Waals surface area (Å²) in [6.45, 7) is 5.84. The number of hydrogen-bond donors (Lipinski definition) is 2. The van der Waals surface area contributed by atoms with Gasteiger partial charge in [0.15, 0.2) is 0 Å². The topological polar surface area (TPSA) is 78.1 Å². The molecule has 0 saturated carbocycles. The molecule has 1 saturated heterocycles. The number of nitrogens with zero attached hydrogens (tertiary/aromatic N) is 3. The molecule has 0 amide bonds. The minimum absolute atomic E-state index is 0.0223. The molecule has 0 bridgehead atoms. The SMILES string of the molecule is CCC[C@@]1(CO)CN(Cc2cc(=O)n3c(C)cccc3n2)CC[C@H]1O. The molecule has 6 heteroatoms.